The van der Waals surface area contributed by atoms with Gasteiger partial charge in [-0.2, -0.15) is 4.99 Å². The molecule has 0 saturated carbocycles. The molecule has 0 aliphatic heterocycles. The summed E-state index contributed by atoms with van der Waals surface area (Å²) in [5.41, 5.74) is 2.48. The molecule has 0 aliphatic carbocycles. The van der Waals surface area contributed by atoms with Crippen molar-refractivity contribution in [1.82, 2.24) is 9.97 Å². The summed E-state index contributed by atoms with van der Waals surface area (Å²) >= 11 is 1.54. The van der Waals surface area contributed by atoms with Gasteiger partial charge in [0.1, 0.15) is 15.4 Å². The molecule has 0 radical (unpaired) electrons. The molecule has 0 unspecified atom stereocenters. The second kappa shape index (κ2) is 4.49. The SMILES string of the molecule is O=C=Nc1ccc(-c2nc3cccnc3s2)cc1. The van der Waals surface area contributed by atoms with Crippen LogP contribution >= 0.6 is 11.3 Å². The Bertz CT molecular complexity index is 709. The van der Waals surface area contributed by atoms with Gasteiger partial charge in [-0.3, -0.25) is 0 Å². The largest absolute Gasteiger partial charge is 0.244 e. The summed E-state index contributed by atoms with van der Waals surface area (Å²) in [6.45, 7) is 0. The number of rotatable bonds is 2. The minimum Gasteiger partial charge on any atom is -0.244 e. The fraction of sp³-hybridized carbons (Fsp3) is 0. The molecule has 0 fully saturated rings. The maximum Gasteiger partial charge on any atom is 0.240 e. The summed E-state index contributed by atoms with van der Waals surface area (Å²) < 4.78 is 0. The molecule has 3 rings (SSSR count). The number of isocyanates is 1. The zero-order chi connectivity index (χ0) is 12.4. The lowest BCUT2D eigenvalue weighted by Gasteiger charge is -1.95. The van der Waals surface area contributed by atoms with Crippen molar-refractivity contribution < 1.29 is 4.79 Å². The maximum atomic E-state index is 10.1. The third-order valence-corrected chi connectivity index (χ3v) is 3.48. The van der Waals surface area contributed by atoms with Gasteiger partial charge in [0.25, 0.3) is 0 Å². The number of carbonyl (C=O) groups excluding carboxylic acids is 1. The number of aromatic nitrogens is 2. The highest BCUT2D eigenvalue weighted by atomic mass is 32.1. The van der Waals surface area contributed by atoms with Crippen molar-refractivity contribution in [2.75, 3.05) is 0 Å². The van der Waals surface area contributed by atoms with Crippen molar-refractivity contribution >= 4 is 33.5 Å². The highest BCUT2D eigenvalue weighted by molar-refractivity contribution is 7.21. The molecule has 1 aromatic carbocycles. The molecule has 86 valence electrons. The first-order valence-corrected chi connectivity index (χ1v) is 6.08. The number of pyridine rings is 1. The summed E-state index contributed by atoms with van der Waals surface area (Å²) in [7, 11) is 0. The normalized spacial score (nSPS) is 10.2. The first-order chi connectivity index (χ1) is 8.86. The number of thiazole rings is 1. The van der Waals surface area contributed by atoms with E-state index >= 15 is 0 Å². The van der Waals surface area contributed by atoms with E-state index in [-0.39, 0.29) is 0 Å². The predicted molar refractivity (Wildman–Crippen MR) is 70.6 cm³/mol. The Morgan fingerprint density at radius 1 is 1.17 bits per heavy atom. The standard InChI is InChI=1S/C13H7N3OS/c17-8-15-10-5-3-9(4-6-10)12-16-11-2-1-7-14-13(11)18-12/h1-7H. The molecule has 0 spiro atoms. The van der Waals surface area contributed by atoms with Gasteiger partial charge >= 0.3 is 0 Å². The van der Waals surface area contributed by atoms with Crippen LogP contribution in [0, 0.1) is 0 Å². The number of nitrogens with zero attached hydrogens (tertiary/aromatic N) is 3. The third kappa shape index (κ3) is 1.93. The lowest BCUT2D eigenvalue weighted by atomic mass is 10.2. The second-order valence-electron chi connectivity index (χ2n) is 3.60. The van der Waals surface area contributed by atoms with Crippen molar-refractivity contribution in [3.05, 3.63) is 42.6 Å². The Morgan fingerprint density at radius 3 is 2.72 bits per heavy atom. The van der Waals surface area contributed by atoms with Crippen LogP contribution in [0.2, 0.25) is 0 Å². The molecule has 2 aromatic heterocycles. The van der Waals surface area contributed by atoms with E-state index in [0.29, 0.717) is 5.69 Å². The minimum atomic E-state index is 0.591. The predicted octanol–water partition coefficient (Wildman–Crippen LogP) is 3.33. The Labute approximate surface area is 107 Å². The van der Waals surface area contributed by atoms with Crippen molar-refractivity contribution in [2.24, 2.45) is 4.99 Å². The fourth-order valence-electron chi connectivity index (χ4n) is 1.62. The van der Waals surface area contributed by atoms with E-state index in [9.17, 15) is 4.79 Å². The fourth-order valence-corrected chi connectivity index (χ4v) is 2.54. The summed E-state index contributed by atoms with van der Waals surface area (Å²) in [6, 6.07) is 11.1. The van der Waals surface area contributed by atoms with E-state index in [1.54, 1.807) is 18.3 Å². The van der Waals surface area contributed by atoms with Gasteiger partial charge in [0.2, 0.25) is 6.08 Å². The van der Waals surface area contributed by atoms with E-state index in [1.165, 1.54) is 17.4 Å². The van der Waals surface area contributed by atoms with Crippen LogP contribution in [0.5, 0.6) is 0 Å². The van der Waals surface area contributed by atoms with E-state index in [4.69, 9.17) is 0 Å². The van der Waals surface area contributed by atoms with Crippen molar-refractivity contribution in [2.45, 2.75) is 0 Å². The Hall–Kier alpha value is -2.36. The average Bonchev–Trinajstić information content (AvgIpc) is 2.84. The van der Waals surface area contributed by atoms with Gasteiger partial charge in [-0.15, -0.1) is 0 Å². The monoisotopic (exact) mass is 253 g/mol. The van der Waals surface area contributed by atoms with E-state index in [1.807, 2.05) is 24.3 Å². The molecule has 0 N–H and O–H groups in total. The van der Waals surface area contributed by atoms with Crippen molar-refractivity contribution in [3.63, 3.8) is 0 Å². The number of fused-ring (bicyclic) bond motifs is 1. The molecule has 2 heterocycles. The molecule has 0 amide bonds. The van der Waals surface area contributed by atoms with Crippen LogP contribution in [0.15, 0.2) is 47.6 Å². The number of aliphatic imine (C=N–C) groups is 1. The lowest BCUT2D eigenvalue weighted by Crippen LogP contribution is -1.74. The molecule has 18 heavy (non-hydrogen) atoms. The highest BCUT2D eigenvalue weighted by Crippen LogP contribution is 2.29. The molecule has 5 heteroatoms. The van der Waals surface area contributed by atoms with Gasteiger partial charge in [-0.1, -0.05) is 11.3 Å². The van der Waals surface area contributed by atoms with Gasteiger partial charge in [-0.25, -0.2) is 14.8 Å². The average molecular weight is 253 g/mol. The summed E-state index contributed by atoms with van der Waals surface area (Å²) in [5, 5.41) is 0.908. The number of benzene rings is 1. The molecule has 3 aromatic rings. The highest BCUT2D eigenvalue weighted by Gasteiger charge is 2.06. The molecule has 4 nitrogen and oxygen atoms in total. The van der Waals surface area contributed by atoms with Gasteiger partial charge < -0.3 is 0 Å². The van der Waals surface area contributed by atoms with Gasteiger partial charge in [-0.05, 0) is 36.4 Å². The number of hydrogen-bond donors (Lipinski definition) is 0. The van der Waals surface area contributed by atoms with Crippen LogP contribution in [-0.4, -0.2) is 16.0 Å². The van der Waals surface area contributed by atoms with E-state index < -0.39 is 0 Å². The second-order valence-corrected chi connectivity index (χ2v) is 4.57. The van der Waals surface area contributed by atoms with Crippen LogP contribution in [0.25, 0.3) is 20.9 Å². The van der Waals surface area contributed by atoms with Crippen LogP contribution in [-0.2, 0) is 4.79 Å². The first kappa shape index (κ1) is 10.8. The zero-order valence-corrected chi connectivity index (χ0v) is 10.0. The van der Waals surface area contributed by atoms with Crippen LogP contribution in [0.1, 0.15) is 0 Å². The third-order valence-electron chi connectivity index (χ3n) is 2.46. The van der Waals surface area contributed by atoms with Gasteiger partial charge in [0, 0.05) is 11.8 Å². The molecule has 0 aliphatic rings. The van der Waals surface area contributed by atoms with Crippen LogP contribution in [0.3, 0.4) is 0 Å². The summed E-state index contributed by atoms with van der Waals surface area (Å²) in [6.07, 6.45) is 3.27. The zero-order valence-electron chi connectivity index (χ0n) is 9.20. The lowest BCUT2D eigenvalue weighted by molar-refractivity contribution is 0.565. The Kier molecular flexibility index (Phi) is 2.68. The van der Waals surface area contributed by atoms with Gasteiger partial charge in [0.05, 0.1) is 5.69 Å². The van der Waals surface area contributed by atoms with Gasteiger partial charge in [0.15, 0.2) is 0 Å². The van der Waals surface area contributed by atoms with E-state index in [0.717, 1.165) is 20.9 Å². The smallest absolute Gasteiger partial charge is 0.240 e. The summed E-state index contributed by atoms with van der Waals surface area (Å²) in [5.74, 6) is 0. The number of hydrogen-bond acceptors (Lipinski definition) is 5. The molecule has 0 atom stereocenters. The van der Waals surface area contributed by atoms with Crippen molar-refractivity contribution in [3.8, 4) is 10.6 Å². The van der Waals surface area contributed by atoms with Crippen LogP contribution < -0.4 is 0 Å². The quantitative estimate of drug-likeness (QED) is 0.520. The van der Waals surface area contributed by atoms with E-state index in [2.05, 4.69) is 15.0 Å². The molecular weight excluding hydrogens is 246 g/mol. The van der Waals surface area contributed by atoms with Crippen molar-refractivity contribution in [1.29, 1.82) is 0 Å². The molecule has 0 saturated heterocycles. The topological polar surface area (TPSA) is 55.2 Å². The molecule has 0 bridgehead atoms. The Morgan fingerprint density at radius 2 is 2.00 bits per heavy atom. The maximum absolute atomic E-state index is 10.1. The Balaban J connectivity index is 2.05. The van der Waals surface area contributed by atoms with Crippen LogP contribution in [0.4, 0.5) is 5.69 Å². The molecular formula is C13H7N3OS. The first-order valence-electron chi connectivity index (χ1n) is 5.27. The minimum absolute atomic E-state index is 0.591. The summed E-state index contributed by atoms with van der Waals surface area (Å²) in [4.78, 5) is 23.4.